The quantitative estimate of drug-likeness (QED) is 0.680. The number of aromatic nitrogens is 4. The fourth-order valence-electron chi connectivity index (χ4n) is 1.69. The van der Waals surface area contributed by atoms with Gasteiger partial charge in [-0.2, -0.15) is 0 Å². The summed E-state index contributed by atoms with van der Waals surface area (Å²) in [6, 6.07) is 3.57. The molecule has 0 radical (unpaired) electrons. The van der Waals surface area contributed by atoms with Crippen LogP contribution in [-0.4, -0.2) is 19.6 Å². The molecule has 0 aliphatic rings. The van der Waals surface area contributed by atoms with Crippen LogP contribution >= 0.6 is 11.6 Å². The van der Waals surface area contributed by atoms with Gasteiger partial charge in [0, 0.05) is 0 Å². The van der Waals surface area contributed by atoms with Crippen molar-refractivity contribution in [2.45, 2.75) is 0 Å². The van der Waals surface area contributed by atoms with Gasteiger partial charge in [-0.1, -0.05) is 17.7 Å². The molecule has 0 bridgehead atoms. The fraction of sp³-hybridized carbons (Fsp3) is 0. The lowest BCUT2D eigenvalue weighted by Crippen LogP contribution is -1.97. The molecule has 0 fully saturated rings. The van der Waals surface area contributed by atoms with Crippen LogP contribution in [0.25, 0.3) is 17.0 Å². The van der Waals surface area contributed by atoms with Crippen molar-refractivity contribution in [3.63, 3.8) is 0 Å². The minimum Gasteiger partial charge on any atom is -0.262 e. The first-order valence-electron chi connectivity index (χ1n) is 4.97. The summed E-state index contributed by atoms with van der Waals surface area (Å²) >= 11 is 5.93. The summed E-state index contributed by atoms with van der Waals surface area (Å²) in [5.74, 6) is -1.44. The Labute approximate surface area is 105 Å². The van der Waals surface area contributed by atoms with E-state index in [9.17, 15) is 8.78 Å². The molecule has 0 N–H and O–H groups in total. The number of nitrogens with zero attached hydrogens (tertiary/aromatic N) is 4. The highest BCUT2D eigenvalue weighted by Crippen LogP contribution is 2.26. The summed E-state index contributed by atoms with van der Waals surface area (Å²) < 4.78 is 28.7. The van der Waals surface area contributed by atoms with Gasteiger partial charge in [0.25, 0.3) is 0 Å². The number of rotatable bonds is 1. The Morgan fingerprint density at radius 1 is 1.06 bits per heavy atom. The summed E-state index contributed by atoms with van der Waals surface area (Å²) in [5.41, 5.74) is 0.0539. The van der Waals surface area contributed by atoms with E-state index in [4.69, 9.17) is 11.6 Å². The zero-order chi connectivity index (χ0) is 12.7. The molecule has 3 aromatic rings. The summed E-state index contributed by atoms with van der Waals surface area (Å²) in [6.45, 7) is 0. The molecule has 0 saturated heterocycles. The second-order valence-electron chi connectivity index (χ2n) is 3.54. The number of halogens is 3. The topological polar surface area (TPSA) is 43.1 Å². The molecule has 0 saturated carbocycles. The smallest absolute Gasteiger partial charge is 0.180 e. The third-order valence-electron chi connectivity index (χ3n) is 2.46. The lowest BCUT2D eigenvalue weighted by Gasteiger charge is -2.04. The molecule has 0 spiro atoms. The van der Waals surface area contributed by atoms with Gasteiger partial charge in [0.15, 0.2) is 11.5 Å². The molecule has 0 atom stereocenters. The fourth-order valence-corrected chi connectivity index (χ4v) is 1.91. The van der Waals surface area contributed by atoms with E-state index in [1.54, 1.807) is 0 Å². The molecule has 0 unspecified atom stereocenters. The first-order chi connectivity index (χ1) is 8.68. The Hall–Kier alpha value is -2.08. The molecule has 0 amide bonds. The molecule has 0 aliphatic carbocycles. The largest absolute Gasteiger partial charge is 0.262 e. The van der Waals surface area contributed by atoms with Crippen LogP contribution in [0.1, 0.15) is 0 Å². The molecule has 2 heterocycles. The van der Waals surface area contributed by atoms with Crippen LogP contribution < -0.4 is 0 Å². The Bertz CT molecular complexity index is 721. The first-order valence-corrected chi connectivity index (χ1v) is 5.35. The van der Waals surface area contributed by atoms with Crippen molar-refractivity contribution >= 4 is 17.2 Å². The standard InChI is InChI=1S/C11H5ClF2N4/c12-8-4-15-5-9-16-17-11(18(8)9)10-6(13)2-1-3-7(10)14/h1-5H. The zero-order valence-corrected chi connectivity index (χ0v) is 9.57. The van der Waals surface area contributed by atoms with Crippen LogP contribution in [0.2, 0.25) is 5.15 Å². The van der Waals surface area contributed by atoms with Gasteiger partial charge in [-0.15, -0.1) is 10.2 Å². The zero-order valence-electron chi connectivity index (χ0n) is 8.81. The first kappa shape index (κ1) is 11.0. The van der Waals surface area contributed by atoms with Gasteiger partial charge in [-0.3, -0.25) is 9.38 Å². The SMILES string of the molecule is Fc1cccc(F)c1-c1nnc2cncc(Cl)n12. The third kappa shape index (κ3) is 1.53. The normalized spacial score (nSPS) is 11.1. The third-order valence-corrected chi connectivity index (χ3v) is 2.73. The number of fused-ring (bicyclic) bond motifs is 1. The van der Waals surface area contributed by atoms with E-state index in [1.807, 2.05) is 0 Å². The maximum atomic E-state index is 13.7. The van der Waals surface area contributed by atoms with Gasteiger partial charge < -0.3 is 0 Å². The van der Waals surface area contributed by atoms with Gasteiger partial charge >= 0.3 is 0 Å². The van der Waals surface area contributed by atoms with Crippen molar-refractivity contribution in [2.24, 2.45) is 0 Å². The minimum atomic E-state index is -0.725. The highest BCUT2D eigenvalue weighted by molar-refractivity contribution is 6.29. The molecular formula is C11H5ClF2N4. The van der Waals surface area contributed by atoms with Crippen LogP contribution in [-0.2, 0) is 0 Å². The molecule has 0 aliphatic heterocycles. The van der Waals surface area contributed by atoms with E-state index >= 15 is 0 Å². The average Bonchev–Trinajstić information content (AvgIpc) is 2.74. The van der Waals surface area contributed by atoms with Crippen molar-refractivity contribution in [3.8, 4) is 11.4 Å². The van der Waals surface area contributed by atoms with Crippen LogP contribution in [0.4, 0.5) is 8.78 Å². The van der Waals surface area contributed by atoms with Gasteiger partial charge in [-0.05, 0) is 12.1 Å². The molecule has 18 heavy (non-hydrogen) atoms. The molecular weight excluding hydrogens is 262 g/mol. The second kappa shape index (κ2) is 3.99. The molecule has 90 valence electrons. The lowest BCUT2D eigenvalue weighted by molar-refractivity contribution is 0.587. The van der Waals surface area contributed by atoms with E-state index < -0.39 is 11.6 Å². The molecule has 7 heteroatoms. The molecule has 3 rings (SSSR count). The van der Waals surface area contributed by atoms with Crippen LogP contribution in [0, 0.1) is 11.6 Å². The van der Waals surface area contributed by atoms with Gasteiger partial charge in [0.1, 0.15) is 16.8 Å². The predicted octanol–water partition coefficient (Wildman–Crippen LogP) is 2.72. The van der Waals surface area contributed by atoms with Crippen LogP contribution in [0.5, 0.6) is 0 Å². The van der Waals surface area contributed by atoms with Crippen molar-refractivity contribution in [3.05, 3.63) is 47.4 Å². The highest BCUT2D eigenvalue weighted by atomic mass is 35.5. The van der Waals surface area contributed by atoms with E-state index in [1.165, 1.54) is 22.9 Å². The molecule has 4 nitrogen and oxygen atoms in total. The monoisotopic (exact) mass is 266 g/mol. The average molecular weight is 267 g/mol. The lowest BCUT2D eigenvalue weighted by atomic mass is 10.2. The van der Waals surface area contributed by atoms with E-state index in [2.05, 4.69) is 15.2 Å². The summed E-state index contributed by atoms with van der Waals surface area (Å²) in [5, 5.41) is 7.70. The Balaban J connectivity index is 2.39. The highest BCUT2D eigenvalue weighted by Gasteiger charge is 2.18. The maximum Gasteiger partial charge on any atom is 0.180 e. The van der Waals surface area contributed by atoms with Crippen LogP contribution in [0.15, 0.2) is 30.6 Å². The van der Waals surface area contributed by atoms with Crippen molar-refractivity contribution in [2.75, 3.05) is 0 Å². The second-order valence-corrected chi connectivity index (χ2v) is 3.93. The Kier molecular flexibility index (Phi) is 2.45. The minimum absolute atomic E-state index is 0.00741. The van der Waals surface area contributed by atoms with Gasteiger partial charge in [-0.25, -0.2) is 8.78 Å². The van der Waals surface area contributed by atoms with E-state index in [-0.39, 0.29) is 16.5 Å². The van der Waals surface area contributed by atoms with E-state index in [0.29, 0.717) is 5.65 Å². The molecule has 1 aromatic carbocycles. The summed E-state index contributed by atoms with van der Waals surface area (Å²) in [4.78, 5) is 3.82. The maximum absolute atomic E-state index is 13.7. The summed E-state index contributed by atoms with van der Waals surface area (Å²) in [6.07, 6.45) is 2.75. The van der Waals surface area contributed by atoms with Crippen molar-refractivity contribution in [1.82, 2.24) is 19.6 Å². The predicted molar refractivity (Wildman–Crippen MR) is 61.1 cm³/mol. The Morgan fingerprint density at radius 3 is 2.50 bits per heavy atom. The Morgan fingerprint density at radius 2 is 1.78 bits per heavy atom. The van der Waals surface area contributed by atoms with Gasteiger partial charge in [0.2, 0.25) is 0 Å². The number of benzene rings is 1. The molecule has 2 aromatic heterocycles. The van der Waals surface area contributed by atoms with E-state index in [0.717, 1.165) is 12.1 Å². The summed E-state index contributed by atoms with van der Waals surface area (Å²) in [7, 11) is 0. The van der Waals surface area contributed by atoms with Crippen molar-refractivity contribution < 1.29 is 8.78 Å². The number of hydrogen-bond acceptors (Lipinski definition) is 3. The number of hydrogen-bond donors (Lipinski definition) is 0. The van der Waals surface area contributed by atoms with Gasteiger partial charge in [0.05, 0.1) is 18.0 Å². The van der Waals surface area contributed by atoms with Crippen molar-refractivity contribution in [1.29, 1.82) is 0 Å². The van der Waals surface area contributed by atoms with Crippen LogP contribution in [0.3, 0.4) is 0 Å².